The molecule has 0 radical (unpaired) electrons. The summed E-state index contributed by atoms with van der Waals surface area (Å²) >= 11 is 1.59. The second-order valence-electron chi connectivity index (χ2n) is 6.41. The Balaban J connectivity index is 2.04. The SMILES string of the molecule is CSc1ccc2c(c1)C(c1ccccc1F)=NC(OC(C)=O)c1nc(C)cn1-2. The van der Waals surface area contributed by atoms with Crippen LogP contribution in [0.15, 0.2) is 58.5 Å². The molecule has 0 saturated carbocycles. The maximum absolute atomic E-state index is 14.7. The lowest BCUT2D eigenvalue weighted by atomic mass is 10.00. The minimum Gasteiger partial charge on any atom is -0.432 e. The number of aliphatic imine (C=N–C) groups is 1. The quantitative estimate of drug-likeness (QED) is 0.486. The molecular weight excluding hydrogens is 377 g/mol. The summed E-state index contributed by atoms with van der Waals surface area (Å²) in [6.45, 7) is 3.19. The molecule has 0 saturated heterocycles. The Kier molecular flexibility index (Phi) is 4.77. The van der Waals surface area contributed by atoms with Gasteiger partial charge in [0, 0.05) is 29.1 Å². The number of ether oxygens (including phenoxy) is 1. The molecule has 7 heteroatoms. The summed E-state index contributed by atoms with van der Waals surface area (Å²) in [5, 5.41) is 0. The molecule has 0 fully saturated rings. The maximum atomic E-state index is 14.7. The smallest absolute Gasteiger partial charge is 0.304 e. The Hall–Kier alpha value is -2.93. The monoisotopic (exact) mass is 395 g/mol. The van der Waals surface area contributed by atoms with Crippen LogP contribution in [0, 0.1) is 12.7 Å². The van der Waals surface area contributed by atoms with Crippen LogP contribution in [0.25, 0.3) is 5.69 Å². The van der Waals surface area contributed by atoms with Gasteiger partial charge in [-0.05, 0) is 43.5 Å². The van der Waals surface area contributed by atoms with Crippen LogP contribution in [0.3, 0.4) is 0 Å². The predicted molar refractivity (Wildman–Crippen MR) is 107 cm³/mol. The van der Waals surface area contributed by atoms with Gasteiger partial charge in [-0.15, -0.1) is 11.8 Å². The number of aryl methyl sites for hydroxylation is 1. The Morgan fingerprint density at radius 1 is 1.21 bits per heavy atom. The zero-order valence-electron chi connectivity index (χ0n) is 15.6. The summed E-state index contributed by atoms with van der Waals surface area (Å²) in [7, 11) is 0. The fraction of sp³-hybridized carbons (Fsp3) is 0.190. The number of nitrogens with zero attached hydrogens (tertiary/aromatic N) is 3. The minimum atomic E-state index is -0.967. The third kappa shape index (κ3) is 3.22. The van der Waals surface area contributed by atoms with Crippen molar-refractivity contribution in [2.24, 2.45) is 4.99 Å². The van der Waals surface area contributed by atoms with Crippen molar-refractivity contribution in [3.05, 3.63) is 77.1 Å². The van der Waals surface area contributed by atoms with E-state index >= 15 is 0 Å². The zero-order chi connectivity index (χ0) is 19.8. The zero-order valence-corrected chi connectivity index (χ0v) is 16.5. The van der Waals surface area contributed by atoms with Crippen LogP contribution in [0.2, 0.25) is 0 Å². The van der Waals surface area contributed by atoms with Gasteiger partial charge in [0.25, 0.3) is 6.23 Å². The average molecular weight is 395 g/mol. The van der Waals surface area contributed by atoms with Gasteiger partial charge in [-0.3, -0.25) is 9.36 Å². The molecule has 1 unspecified atom stereocenters. The van der Waals surface area contributed by atoms with E-state index in [2.05, 4.69) is 9.98 Å². The Labute approximate surface area is 166 Å². The van der Waals surface area contributed by atoms with Crippen LogP contribution in [0.4, 0.5) is 4.39 Å². The van der Waals surface area contributed by atoms with Crippen LogP contribution in [-0.2, 0) is 9.53 Å². The molecular formula is C21H18FN3O2S. The fourth-order valence-electron chi connectivity index (χ4n) is 3.27. The highest BCUT2D eigenvalue weighted by Gasteiger charge is 2.29. The molecule has 2 heterocycles. The number of hydrogen-bond acceptors (Lipinski definition) is 5. The molecule has 2 aromatic carbocycles. The van der Waals surface area contributed by atoms with E-state index in [1.54, 1.807) is 30.0 Å². The van der Waals surface area contributed by atoms with Gasteiger partial charge in [-0.25, -0.2) is 14.4 Å². The van der Waals surface area contributed by atoms with Gasteiger partial charge in [0.1, 0.15) is 5.82 Å². The van der Waals surface area contributed by atoms with E-state index < -0.39 is 12.2 Å². The molecule has 5 nitrogen and oxygen atoms in total. The lowest BCUT2D eigenvalue weighted by Crippen LogP contribution is -2.12. The van der Waals surface area contributed by atoms with Gasteiger partial charge >= 0.3 is 5.97 Å². The van der Waals surface area contributed by atoms with E-state index in [9.17, 15) is 9.18 Å². The second-order valence-corrected chi connectivity index (χ2v) is 7.29. The third-order valence-electron chi connectivity index (χ3n) is 4.45. The van der Waals surface area contributed by atoms with Gasteiger partial charge in [0.2, 0.25) is 0 Å². The van der Waals surface area contributed by atoms with Gasteiger partial charge in [0.05, 0.1) is 17.1 Å². The van der Waals surface area contributed by atoms with E-state index in [0.29, 0.717) is 17.1 Å². The van der Waals surface area contributed by atoms with Crippen molar-refractivity contribution in [2.75, 3.05) is 6.26 Å². The number of fused-ring (bicyclic) bond motifs is 3. The molecule has 4 rings (SSSR count). The van der Waals surface area contributed by atoms with Gasteiger partial charge in [0.15, 0.2) is 5.82 Å². The number of aromatic nitrogens is 2. The first-order chi connectivity index (χ1) is 13.5. The van der Waals surface area contributed by atoms with Gasteiger partial charge < -0.3 is 4.74 Å². The molecule has 28 heavy (non-hydrogen) atoms. The first-order valence-corrected chi connectivity index (χ1v) is 9.95. The summed E-state index contributed by atoms with van der Waals surface area (Å²) in [4.78, 5) is 21.9. The molecule has 1 atom stereocenters. The van der Waals surface area contributed by atoms with Crippen LogP contribution in [0.1, 0.15) is 35.8 Å². The summed E-state index contributed by atoms with van der Waals surface area (Å²) in [6.07, 6.45) is 2.88. The van der Waals surface area contributed by atoms with Crippen molar-refractivity contribution in [3.8, 4) is 5.69 Å². The van der Waals surface area contributed by atoms with E-state index in [4.69, 9.17) is 4.74 Å². The number of halogens is 1. The van der Waals surface area contributed by atoms with Crippen LogP contribution in [-0.4, -0.2) is 27.5 Å². The van der Waals surface area contributed by atoms with Crippen LogP contribution >= 0.6 is 11.8 Å². The van der Waals surface area contributed by atoms with Crippen molar-refractivity contribution >= 4 is 23.4 Å². The van der Waals surface area contributed by atoms with E-state index in [-0.39, 0.29) is 5.82 Å². The number of thioether (sulfide) groups is 1. The highest BCUT2D eigenvalue weighted by molar-refractivity contribution is 7.98. The second kappa shape index (κ2) is 7.24. The Morgan fingerprint density at radius 3 is 2.71 bits per heavy atom. The van der Waals surface area contributed by atoms with Gasteiger partial charge in [-0.1, -0.05) is 12.1 Å². The molecule has 1 aliphatic rings. The Morgan fingerprint density at radius 2 is 2.00 bits per heavy atom. The van der Waals surface area contributed by atoms with Crippen molar-refractivity contribution in [1.82, 2.24) is 9.55 Å². The highest BCUT2D eigenvalue weighted by Crippen LogP contribution is 2.33. The average Bonchev–Trinajstić information content (AvgIpc) is 3.01. The molecule has 0 bridgehead atoms. The topological polar surface area (TPSA) is 56.5 Å². The molecule has 0 N–H and O–H groups in total. The predicted octanol–water partition coefficient (Wildman–Crippen LogP) is 4.45. The first-order valence-electron chi connectivity index (χ1n) is 8.72. The highest BCUT2D eigenvalue weighted by atomic mass is 32.2. The fourth-order valence-corrected chi connectivity index (χ4v) is 3.71. The largest absolute Gasteiger partial charge is 0.432 e. The number of benzene rings is 2. The maximum Gasteiger partial charge on any atom is 0.304 e. The van der Waals surface area contributed by atoms with E-state index in [1.807, 2.05) is 42.1 Å². The minimum absolute atomic E-state index is 0.349. The first kappa shape index (κ1) is 18.4. The number of hydrogen-bond donors (Lipinski definition) is 0. The van der Waals surface area contributed by atoms with Crippen LogP contribution < -0.4 is 0 Å². The molecule has 3 aromatic rings. The number of carbonyl (C=O) groups excluding carboxylic acids is 1. The number of esters is 1. The molecule has 0 aliphatic carbocycles. The van der Waals surface area contributed by atoms with E-state index in [0.717, 1.165) is 21.8 Å². The van der Waals surface area contributed by atoms with E-state index in [1.165, 1.54) is 13.0 Å². The third-order valence-corrected chi connectivity index (χ3v) is 5.17. The summed E-state index contributed by atoms with van der Waals surface area (Å²) < 4.78 is 22.0. The molecule has 0 amide bonds. The Bertz CT molecular complexity index is 1110. The molecule has 142 valence electrons. The number of rotatable bonds is 3. The summed E-state index contributed by atoms with van der Waals surface area (Å²) in [5.41, 5.74) is 3.12. The normalized spacial score (nSPS) is 15.3. The molecule has 0 spiro atoms. The lowest BCUT2D eigenvalue weighted by molar-refractivity contribution is -0.146. The standard InChI is InChI=1S/C21H18FN3O2S/c1-12-11-25-18-9-8-14(28-3)10-16(18)19(15-6-4-5-7-17(15)22)24-21(20(25)23-12)27-13(2)26/h4-11,21H,1-3H3. The lowest BCUT2D eigenvalue weighted by Gasteiger charge is -2.13. The van der Waals surface area contributed by atoms with Gasteiger partial charge in [-0.2, -0.15) is 0 Å². The summed E-state index contributed by atoms with van der Waals surface area (Å²) in [5.74, 6) is -0.388. The molecule has 1 aromatic heterocycles. The van der Waals surface area contributed by atoms with Crippen molar-refractivity contribution in [1.29, 1.82) is 0 Å². The summed E-state index contributed by atoms with van der Waals surface area (Å²) in [6, 6.07) is 12.4. The van der Waals surface area contributed by atoms with Crippen LogP contribution in [0.5, 0.6) is 0 Å². The van der Waals surface area contributed by atoms with Crippen molar-refractivity contribution < 1.29 is 13.9 Å². The molecule has 1 aliphatic heterocycles. The number of imidazole rings is 1. The van der Waals surface area contributed by atoms with Crippen molar-refractivity contribution in [2.45, 2.75) is 25.0 Å². The number of carbonyl (C=O) groups is 1. The van der Waals surface area contributed by atoms with Crippen molar-refractivity contribution in [3.63, 3.8) is 0 Å².